The van der Waals surface area contributed by atoms with Crippen LogP contribution in [0.25, 0.3) is 0 Å². The number of amides is 1. The second kappa shape index (κ2) is 8.16. The smallest absolute Gasteiger partial charge is 0.311 e. The van der Waals surface area contributed by atoms with Crippen LogP contribution in [-0.4, -0.2) is 30.8 Å². The fraction of sp³-hybridized carbons (Fsp3) is 0.318. The van der Waals surface area contributed by atoms with Crippen molar-refractivity contribution in [1.82, 2.24) is 0 Å². The van der Waals surface area contributed by atoms with E-state index in [0.29, 0.717) is 5.56 Å². The number of aryl methyl sites for hydroxylation is 2. The molecule has 2 aromatic carbocycles. The zero-order valence-electron chi connectivity index (χ0n) is 15.6. The molecule has 5 nitrogen and oxygen atoms in total. The van der Waals surface area contributed by atoms with Gasteiger partial charge in [0.15, 0.2) is 12.4 Å². The number of nitrogens with zero attached hydrogens (tertiary/aromatic N) is 1. The molecule has 0 unspecified atom stereocenters. The number of anilines is 1. The van der Waals surface area contributed by atoms with E-state index in [2.05, 4.69) is 6.92 Å². The van der Waals surface area contributed by atoms with Crippen molar-refractivity contribution in [3.8, 4) is 0 Å². The molecule has 1 amide bonds. The first-order valence-electron chi connectivity index (χ1n) is 9.13. The van der Waals surface area contributed by atoms with E-state index in [1.807, 2.05) is 43.3 Å². The van der Waals surface area contributed by atoms with Gasteiger partial charge in [-0.15, -0.1) is 0 Å². The van der Waals surface area contributed by atoms with E-state index in [0.717, 1.165) is 17.7 Å². The van der Waals surface area contributed by atoms with Crippen LogP contribution >= 0.6 is 0 Å². The van der Waals surface area contributed by atoms with Crippen molar-refractivity contribution in [2.45, 2.75) is 26.7 Å². The molecular formula is C22H23NO4. The van der Waals surface area contributed by atoms with Gasteiger partial charge in [0.05, 0.1) is 5.92 Å². The minimum atomic E-state index is -0.547. The fourth-order valence-corrected chi connectivity index (χ4v) is 3.10. The van der Waals surface area contributed by atoms with Crippen molar-refractivity contribution in [2.75, 3.05) is 18.1 Å². The number of hydrogen-bond donors (Lipinski definition) is 0. The molecule has 3 rings (SSSR count). The van der Waals surface area contributed by atoms with E-state index >= 15 is 0 Å². The molecule has 0 saturated carbocycles. The Kier molecular flexibility index (Phi) is 5.69. The fourth-order valence-electron chi connectivity index (χ4n) is 3.10. The SMILES string of the molecule is CCc1ccc(N2C[C@H](C(=O)OCC(=O)c3ccc(C)cc3)CC2=O)cc1. The van der Waals surface area contributed by atoms with Gasteiger partial charge in [-0.2, -0.15) is 0 Å². The molecule has 140 valence electrons. The summed E-state index contributed by atoms with van der Waals surface area (Å²) in [6.07, 6.45) is 1.03. The molecule has 1 aliphatic rings. The van der Waals surface area contributed by atoms with Gasteiger partial charge in [0.25, 0.3) is 0 Å². The number of ketones is 1. The topological polar surface area (TPSA) is 63.7 Å². The van der Waals surface area contributed by atoms with Crippen LogP contribution < -0.4 is 4.90 Å². The summed E-state index contributed by atoms with van der Waals surface area (Å²) in [5.74, 6) is -1.41. The predicted octanol–water partition coefficient (Wildman–Crippen LogP) is 3.34. The Morgan fingerprint density at radius 3 is 2.37 bits per heavy atom. The minimum absolute atomic E-state index is 0.104. The highest BCUT2D eigenvalue weighted by atomic mass is 16.5. The van der Waals surface area contributed by atoms with Crippen LogP contribution in [0.5, 0.6) is 0 Å². The zero-order valence-corrected chi connectivity index (χ0v) is 15.6. The molecule has 1 saturated heterocycles. The van der Waals surface area contributed by atoms with Crippen LogP contribution in [0.1, 0.15) is 34.8 Å². The van der Waals surface area contributed by atoms with Crippen LogP contribution in [0, 0.1) is 12.8 Å². The third kappa shape index (κ3) is 4.42. The molecule has 1 atom stereocenters. The van der Waals surface area contributed by atoms with Crippen molar-refractivity contribution in [3.05, 3.63) is 65.2 Å². The van der Waals surface area contributed by atoms with Crippen LogP contribution in [0.15, 0.2) is 48.5 Å². The summed E-state index contributed by atoms with van der Waals surface area (Å²) in [6.45, 7) is 3.98. The Bertz CT molecular complexity index is 840. The van der Waals surface area contributed by atoms with Crippen molar-refractivity contribution in [3.63, 3.8) is 0 Å². The Morgan fingerprint density at radius 2 is 1.74 bits per heavy atom. The largest absolute Gasteiger partial charge is 0.457 e. The summed E-state index contributed by atoms with van der Waals surface area (Å²) in [7, 11) is 0. The van der Waals surface area contributed by atoms with Gasteiger partial charge in [-0.25, -0.2) is 0 Å². The highest BCUT2D eigenvalue weighted by Gasteiger charge is 2.36. The van der Waals surface area contributed by atoms with E-state index in [4.69, 9.17) is 4.74 Å². The summed E-state index contributed by atoms with van der Waals surface area (Å²) in [5, 5.41) is 0. The quantitative estimate of drug-likeness (QED) is 0.582. The van der Waals surface area contributed by atoms with Gasteiger partial charge in [0.1, 0.15) is 0 Å². The number of Topliss-reactive ketones (excluding diaryl/α,β-unsaturated/α-hetero) is 1. The van der Waals surface area contributed by atoms with Crippen molar-refractivity contribution in [1.29, 1.82) is 0 Å². The van der Waals surface area contributed by atoms with Crippen LogP contribution in [0.2, 0.25) is 0 Å². The average Bonchev–Trinajstić information content (AvgIpc) is 3.08. The third-order valence-electron chi connectivity index (χ3n) is 4.83. The minimum Gasteiger partial charge on any atom is -0.457 e. The highest BCUT2D eigenvalue weighted by Crippen LogP contribution is 2.26. The molecule has 1 heterocycles. The van der Waals surface area contributed by atoms with E-state index < -0.39 is 11.9 Å². The summed E-state index contributed by atoms with van der Waals surface area (Å²) in [6, 6.07) is 14.9. The van der Waals surface area contributed by atoms with Crippen molar-refractivity contribution >= 4 is 23.3 Å². The summed E-state index contributed by atoms with van der Waals surface area (Å²) < 4.78 is 5.17. The third-order valence-corrected chi connectivity index (χ3v) is 4.83. The first-order chi connectivity index (χ1) is 13.0. The van der Waals surface area contributed by atoms with E-state index in [1.54, 1.807) is 17.0 Å². The number of carbonyl (C=O) groups is 3. The standard InChI is InChI=1S/C22H23NO4/c1-3-16-6-10-19(11-7-16)23-13-18(12-21(23)25)22(26)27-14-20(24)17-8-4-15(2)5-9-17/h4-11,18H,3,12-14H2,1-2H3/t18-/m1/s1. The van der Waals surface area contributed by atoms with E-state index in [9.17, 15) is 14.4 Å². The predicted molar refractivity (Wildman–Crippen MR) is 103 cm³/mol. The lowest BCUT2D eigenvalue weighted by Gasteiger charge is -2.17. The summed E-state index contributed by atoms with van der Waals surface area (Å²) in [5.41, 5.74) is 3.54. The molecular weight excluding hydrogens is 342 g/mol. The van der Waals surface area contributed by atoms with E-state index in [1.165, 1.54) is 5.56 Å². The lowest BCUT2D eigenvalue weighted by atomic mass is 10.1. The van der Waals surface area contributed by atoms with Gasteiger partial charge in [-0.1, -0.05) is 48.9 Å². The Labute approximate surface area is 158 Å². The molecule has 0 aromatic heterocycles. The molecule has 5 heteroatoms. The van der Waals surface area contributed by atoms with Gasteiger partial charge in [0.2, 0.25) is 5.91 Å². The number of hydrogen-bond acceptors (Lipinski definition) is 4. The number of esters is 1. The summed E-state index contributed by atoms with van der Waals surface area (Å²) in [4.78, 5) is 38.3. The van der Waals surface area contributed by atoms with Gasteiger partial charge < -0.3 is 9.64 Å². The van der Waals surface area contributed by atoms with Crippen molar-refractivity contribution in [2.24, 2.45) is 5.92 Å². The van der Waals surface area contributed by atoms with Crippen LogP contribution in [0.3, 0.4) is 0 Å². The molecule has 0 bridgehead atoms. The molecule has 27 heavy (non-hydrogen) atoms. The Hall–Kier alpha value is -2.95. The average molecular weight is 365 g/mol. The number of rotatable bonds is 6. The lowest BCUT2D eigenvalue weighted by molar-refractivity contribution is -0.147. The molecule has 0 aliphatic carbocycles. The second-order valence-corrected chi connectivity index (χ2v) is 6.82. The maximum Gasteiger partial charge on any atom is 0.311 e. The second-order valence-electron chi connectivity index (χ2n) is 6.82. The number of carbonyl (C=O) groups excluding carboxylic acids is 3. The zero-order chi connectivity index (χ0) is 19.4. The molecule has 0 N–H and O–H groups in total. The first kappa shape index (κ1) is 18.8. The first-order valence-corrected chi connectivity index (χ1v) is 9.13. The van der Waals surface area contributed by atoms with Gasteiger partial charge in [-0.05, 0) is 31.0 Å². The highest BCUT2D eigenvalue weighted by molar-refractivity contribution is 6.01. The molecule has 0 spiro atoms. The maximum atomic E-state index is 12.3. The lowest BCUT2D eigenvalue weighted by Crippen LogP contribution is -2.27. The summed E-state index contributed by atoms with van der Waals surface area (Å²) >= 11 is 0. The monoisotopic (exact) mass is 365 g/mol. The van der Waals surface area contributed by atoms with Gasteiger partial charge >= 0.3 is 5.97 Å². The molecule has 2 aromatic rings. The normalized spacial score (nSPS) is 16.4. The van der Waals surface area contributed by atoms with Gasteiger partial charge in [0, 0.05) is 24.2 Å². The van der Waals surface area contributed by atoms with Gasteiger partial charge in [-0.3, -0.25) is 14.4 Å². The number of ether oxygens (including phenoxy) is 1. The Morgan fingerprint density at radius 1 is 1.07 bits per heavy atom. The van der Waals surface area contributed by atoms with E-state index in [-0.39, 0.29) is 31.3 Å². The van der Waals surface area contributed by atoms with Crippen LogP contribution in [0.4, 0.5) is 5.69 Å². The Balaban J connectivity index is 1.56. The maximum absolute atomic E-state index is 12.3. The number of benzene rings is 2. The van der Waals surface area contributed by atoms with Crippen LogP contribution in [-0.2, 0) is 20.7 Å². The molecule has 0 radical (unpaired) electrons. The van der Waals surface area contributed by atoms with Crippen molar-refractivity contribution < 1.29 is 19.1 Å². The molecule has 1 fully saturated rings. The molecule has 1 aliphatic heterocycles.